The van der Waals surface area contributed by atoms with Crippen LogP contribution in [0.3, 0.4) is 0 Å². The Labute approximate surface area is 204 Å². The molecule has 3 aliphatic heterocycles. The summed E-state index contributed by atoms with van der Waals surface area (Å²) in [7, 11) is 0. The smallest absolute Gasteiger partial charge is 0.272 e. The van der Waals surface area contributed by atoms with Crippen molar-refractivity contribution in [3.05, 3.63) is 40.2 Å². The number of nitrogens with one attached hydrogen (secondary N) is 3. The predicted octanol–water partition coefficient (Wildman–Crippen LogP) is 1.94. The van der Waals surface area contributed by atoms with Crippen molar-refractivity contribution < 1.29 is 27.6 Å². The number of rotatable bonds is 4. The fourth-order valence-corrected chi connectivity index (χ4v) is 5.58. The SMILES string of the molecule is O=C(N[C@H]1CC[C@@]2(CCN(c3cc(F)c(F)cc3Cl)C2=O)CC1)C1=C(C(=O)N2CC(F)C2)NCN1. The zero-order valence-electron chi connectivity index (χ0n) is 18.8. The molecule has 5 rings (SSSR count). The van der Waals surface area contributed by atoms with E-state index in [1.807, 2.05) is 0 Å². The Morgan fingerprint density at radius 3 is 2.40 bits per heavy atom. The Morgan fingerprint density at radius 2 is 1.71 bits per heavy atom. The summed E-state index contributed by atoms with van der Waals surface area (Å²) in [5.41, 5.74) is -0.211. The maximum atomic E-state index is 13.8. The van der Waals surface area contributed by atoms with Gasteiger partial charge in [0.25, 0.3) is 11.8 Å². The maximum Gasteiger partial charge on any atom is 0.272 e. The third-order valence-corrected chi connectivity index (χ3v) is 7.72. The normalized spacial score (nSPS) is 26.6. The lowest BCUT2D eigenvalue weighted by atomic mass is 9.71. The van der Waals surface area contributed by atoms with E-state index in [9.17, 15) is 27.6 Å². The van der Waals surface area contributed by atoms with Crippen LogP contribution in [0.15, 0.2) is 23.5 Å². The van der Waals surface area contributed by atoms with Gasteiger partial charge in [-0.1, -0.05) is 11.6 Å². The van der Waals surface area contributed by atoms with E-state index in [0.29, 0.717) is 38.6 Å². The van der Waals surface area contributed by atoms with E-state index < -0.39 is 35.0 Å². The van der Waals surface area contributed by atoms with Gasteiger partial charge in [-0.15, -0.1) is 0 Å². The second-order valence-electron chi connectivity index (χ2n) is 9.54. The van der Waals surface area contributed by atoms with Crippen molar-refractivity contribution in [3.63, 3.8) is 0 Å². The molecule has 1 spiro atoms. The van der Waals surface area contributed by atoms with Crippen LogP contribution in [0.2, 0.25) is 5.02 Å². The summed E-state index contributed by atoms with van der Waals surface area (Å²) < 4.78 is 40.3. The topological polar surface area (TPSA) is 93.8 Å². The number of alkyl halides is 1. The Kier molecular flexibility index (Phi) is 6.06. The number of nitrogens with zero attached hydrogens (tertiary/aromatic N) is 2. The number of likely N-dealkylation sites (tertiary alicyclic amines) is 1. The molecule has 35 heavy (non-hydrogen) atoms. The lowest BCUT2D eigenvalue weighted by molar-refractivity contribution is -0.134. The molecule has 0 unspecified atom stereocenters. The van der Waals surface area contributed by atoms with Crippen molar-refractivity contribution in [1.29, 1.82) is 0 Å². The van der Waals surface area contributed by atoms with E-state index >= 15 is 0 Å². The molecule has 1 aliphatic carbocycles. The first-order valence-corrected chi connectivity index (χ1v) is 12.0. The molecule has 3 fully saturated rings. The molecule has 3 heterocycles. The molecular formula is C23H25ClF3N5O3. The van der Waals surface area contributed by atoms with Crippen LogP contribution in [0.4, 0.5) is 18.9 Å². The van der Waals surface area contributed by atoms with Crippen LogP contribution in [0, 0.1) is 17.0 Å². The molecule has 12 heteroatoms. The van der Waals surface area contributed by atoms with Gasteiger partial charge >= 0.3 is 0 Å². The van der Waals surface area contributed by atoms with Gasteiger partial charge in [0, 0.05) is 18.7 Å². The zero-order valence-corrected chi connectivity index (χ0v) is 19.6. The van der Waals surface area contributed by atoms with Crippen LogP contribution in [-0.4, -0.2) is 61.1 Å². The van der Waals surface area contributed by atoms with Gasteiger partial charge in [0.1, 0.15) is 17.6 Å². The van der Waals surface area contributed by atoms with Gasteiger partial charge < -0.3 is 25.8 Å². The minimum Gasteiger partial charge on any atom is -0.362 e. The van der Waals surface area contributed by atoms with Crippen molar-refractivity contribution in [2.75, 3.05) is 31.2 Å². The molecular weight excluding hydrogens is 487 g/mol. The quantitative estimate of drug-likeness (QED) is 0.537. The lowest BCUT2D eigenvalue weighted by Crippen LogP contribution is -2.53. The maximum absolute atomic E-state index is 13.8. The summed E-state index contributed by atoms with van der Waals surface area (Å²) in [5, 5.41) is 8.63. The number of anilines is 1. The summed E-state index contributed by atoms with van der Waals surface area (Å²) in [6.07, 6.45) is 1.68. The fourth-order valence-electron chi connectivity index (χ4n) is 5.33. The van der Waals surface area contributed by atoms with Gasteiger partial charge in [0.05, 0.1) is 35.9 Å². The molecule has 4 aliphatic rings. The van der Waals surface area contributed by atoms with Crippen molar-refractivity contribution in [2.45, 2.75) is 44.3 Å². The Morgan fingerprint density at radius 1 is 1.06 bits per heavy atom. The minimum absolute atomic E-state index is 0.0183. The molecule has 1 aromatic carbocycles. The average Bonchev–Trinajstić information content (AvgIpc) is 3.42. The fraction of sp³-hybridized carbons (Fsp3) is 0.522. The largest absolute Gasteiger partial charge is 0.362 e. The molecule has 3 amide bonds. The second kappa shape index (κ2) is 8.92. The van der Waals surface area contributed by atoms with Crippen molar-refractivity contribution in [3.8, 4) is 0 Å². The third kappa shape index (κ3) is 4.19. The van der Waals surface area contributed by atoms with Crippen LogP contribution in [0.5, 0.6) is 0 Å². The van der Waals surface area contributed by atoms with Crippen molar-refractivity contribution in [2.24, 2.45) is 5.41 Å². The highest BCUT2D eigenvalue weighted by Crippen LogP contribution is 2.47. The van der Waals surface area contributed by atoms with E-state index in [-0.39, 0.29) is 53.8 Å². The molecule has 188 valence electrons. The van der Waals surface area contributed by atoms with E-state index in [1.165, 1.54) is 9.80 Å². The van der Waals surface area contributed by atoms with Crippen LogP contribution in [-0.2, 0) is 14.4 Å². The first-order valence-electron chi connectivity index (χ1n) is 11.6. The van der Waals surface area contributed by atoms with Gasteiger partial charge in [-0.05, 0) is 38.2 Å². The van der Waals surface area contributed by atoms with Crippen LogP contribution >= 0.6 is 11.6 Å². The number of hydrogen-bond donors (Lipinski definition) is 3. The van der Waals surface area contributed by atoms with Crippen molar-refractivity contribution >= 4 is 35.0 Å². The Bertz CT molecular complexity index is 1120. The van der Waals surface area contributed by atoms with E-state index in [4.69, 9.17) is 11.6 Å². The van der Waals surface area contributed by atoms with Gasteiger partial charge in [0.15, 0.2) is 11.6 Å². The van der Waals surface area contributed by atoms with Gasteiger partial charge in [-0.25, -0.2) is 13.2 Å². The van der Waals surface area contributed by atoms with Gasteiger partial charge in [-0.2, -0.15) is 0 Å². The monoisotopic (exact) mass is 511 g/mol. The molecule has 0 aromatic heterocycles. The Balaban J connectivity index is 1.21. The van der Waals surface area contributed by atoms with Crippen LogP contribution < -0.4 is 20.9 Å². The summed E-state index contributed by atoms with van der Waals surface area (Å²) >= 11 is 6.08. The highest BCUT2D eigenvalue weighted by atomic mass is 35.5. The molecule has 8 nitrogen and oxygen atoms in total. The lowest BCUT2D eigenvalue weighted by Gasteiger charge is -2.36. The van der Waals surface area contributed by atoms with E-state index in [1.54, 1.807) is 0 Å². The molecule has 1 saturated carbocycles. The standard InChI is InChI=1S/C23H25ClF3N5O3/c24-14-7-15(26)16(27)8-17(14)32-6-5-23(22(32)35)3-1-13(2-4-23)30-20(33)18-19(29-11-28-18)21(34)31-9-12(25)10-31/h7-8,12-13,28-29H,1-6,9-11H2,(H,30,33)/t13-,23-. The molecule has 0 bridgehead atoms. The molecule has 1 aromatic rings. The third-order valence-electron chi connectivity index (χ3n) is 7.42. The first-order chi connectivity index (χ1) is 16.7. The number of halogens is 4. The second-order valence-corrected chi connectivity index (χ2v) is 9.95. The molecule has 0 atom stereocenters. The number of amides is 3. The minimum atomic E-state index is -1.07. The summed E-state index contributed by atoms with van der Waals surface area (Å²) in [5.74, 6) is -3.15. The number of benzene rings is 1. The van der Waals surface area contributed by atoms with Crippen LogP contribution in [0.1, 0.15) is 32.1 Å². The van der Waals surface area contributed by atoms with Crippen LogP contribution in [0.25, 0.3) is 0 Å². The zero-order chi connectivity index (χ0) is 24.9. The van der Waals surface area contributed by atoms with Crippen molar-refractivity contribution in [1.82, 2.24) is 20.9 Å². The Hall–Kier alpha value is -2.95. The summed E-state index contributed by atoms with van der Waals surface area (Å²) in [6.45, 7) is 0.612. The summed E-state index contributed by atoms with van der Waals surface area (Å²) in [4.78, 5) is 41.4. The highest BCUT2D eigenvalue weighted by Gasteiger charge is 2.49. The van der Waals surface area contributed by atoms with Gasteiger partial charge in [-0.3, -0.25) is 14.4 Å². The number of carbonyl (C=O) groups is 3. The average molecular weight is 512 g/mol. The summed E-state index contributed by atoms with van der Waals surface area (Å²) in [6, 6.07) is 1.63. The molecule has 0 radical (unpaired) electrons. The first kappa shape index (κ1) is 23.8. The molecule has 3 N–H and O–H groups in total. The highest BCUT2D eigenvalue weighted by molar-refractivity contribution is 6.34. The van der Waals surface area contributed by atoms with E-state index in [2.05, 4.69) is 16.0 Å². The number of carbonyl (C=O) groups excluding carboxylic acids is 3. The molecule has 2 saturated heterocycles. The van der Waals surface area contributed by atoms with E-state index in [0.717, 1.165) is 12.1 Å². The number of hydrogen-bond acceptors (Lipinski definition) is 5. The van der Waals surface area contributed by atoms with Gasteiger partial charge in [0.2, 0.25) is 5.91 Å². The predicted molar refractivity (Wildman–Crippen MR) is 121 cm³/mol.